The number of ether oxygens (including phenoxy) is 1. The maximum atomic E-state index is 11.5. The van der Waals surface area contributed by atoms with E-state index >= 15 is 0 Å². The van der Waals surface area contributed by atoms with Gasteiger partial charge >= 0.3 is 5.97 Å². The van der Waals surface area contributed by atoms with Crippen molar-refractivity contribution in [1.29, 1.82) is 0 Å². The molecule has 0 saturated heterocycles. The van der Waals surface area contributed by atoms with E-state index in [4.69, 9.17) is 4.74 Å². The van der Waals surface area contributed by atoms with E-state index in [0.717, 1.165) is 5.82 Å². The van der Waals surface area contributed by atoms with Crippen LogP contribution < -0.4 is 5.32 Å². The SMILES string of the molecule is CC(C)(C)OC(=O)CCC(=O)NCCc1ncc[nH]1. The molecule has 0 aromatic carbocycles. The van der Waals surface area contributed by atoms with Crippen molar-refractivity contribution in [2.45, 2.75) is 45.6 Å². The van der Waals surface area contributed by atoms with Gasteiger partial charge in [-0.25, -0.2) is 4.98 Å². The highest BCUT2D eigenvalue weighted by Crippen LogP contribution is 2.08. The molecule has 2 N–H and O–H groups in total. The zero-order valence-electron chi connectivity index (χ0n) is 11.7. The molecule has 1 amide bonds. The highest BCUT2D eigenvalue weighted by atomic mass is 16.6. The fraction of sp³-hybridized carbons (Fsp3) is 0.615. The molecule has 1 aromatic heterocycles. The second-order valence-corrected chi connectivity index (χ2v) is 5.22. The Labute approximate surface area is 112 Å². The molecular formula is C13H21N3O3. The molecular weight excluding hydrogens is 246 g/mol. The standard InChI is InChI=1S/C13H21N3O3/c1-13(2,3)19-12(18)5-4-11(17)16-7-6-10-14-8-9-15-10/h8-9H,4-7H2,1-3H3,(H,14,15)(H,16,17). The summed E-state index contributed by atoms with van der Waals surface area (Å²) in [6.45, 7) is 5.90. The number of aromatic nitrogens is 2. The molecule has 1 aromatic rings. The predicted molar refractivity (Wildman–Crippen MR) is 70.4 cm³/mol. The van der Waals surface area contributed by atoms with E-state index in [1.54, 1.807) is 33.2 Å². The maximum absolute atomic E-state index is 11.5. The van der Waals surface area contributed by atoms with Crippen molar-refractivity contribution < 1.29 is 14.3 Å². The van der Waals surface area contributed by atoms with Crippen molar-refractivity contribution in [3.8, 4) is 0 Å². The number of esters is 1. The Balaban J connectivity index is 2.12. The fourth-order valence-electron chi connectivity index (χ4n) is 1.45. The number of hydrogen-bond donors (Lipinski definition) is 2. The third-order valence-corrected chi connectivity index (χ3v) is 2.22. The van der Waals surface area contributed by atoms with Gasteiger partial charge in [0.25, 0.3) is 0 Å². The van der Waals surface area contributed by atoms with E-state index in [-0.39, 0.29) is 24.7 Å². The molecule has 0 atom stereocenters. The molecule has 0 saturated carbocycles. The predicted octanol–water partition coefficient (Wildman–Crippen LogP) is 1.19. The summed E-state index contributed by atoms with van der Waals surface area (Å²) < 4.78 is 5.12. The van der Waals surface area contributed by atoms with Gasteiger partial charge in [0.1, 0.15) is 11.4 Å². The van der Waals surface area contributed by atoms with Crippen LogP contribution in [0.3, 0.4) is 0 Å². The number of imidazole rings is 1. The van der Waals surface area contributed by atoms with Gasteiger partial charge in [0.05, 0.1) is 6.42 Å². The molecule has 0 aliphatic carbocycles. The molecule has 0 fully saturated rings. The Morgan fingerprint density at radius 3 is 2.68 bits per heavy atom. The number of carbonyl (C=O) groups is 2. The van der Waals surface area contributed by atoms with Crippen LogP contribution in [0.15, 0.2) is 12.4 Å². The van der Waals surface area contributed by atoms with Crippen LogP contribution >= 0.6 is 0 Å². The highest BCUT2D eigenvalue weighted by molar-refractivity contribution is 5.81. The first kappa shape index (κ1) is 15.2. The van der Waals surface area contributed by atoms with Crippen LogP contribution in [0.25, 0.3) is 0 Å². The summed E-state index contributed by atoms with van der Waals surface area (Å²) in [5, 5.41) is 2.73. The lowest BCUT2D eigenvalue weighted by atomic mass is 10.2. The highest BCUT2D eigenvalue weighted by Gasteiger charge is 2.16. The van der Waals surface area contributed by atoms with E-state index in [9.17, 15) is 9.59 Å². The van der Waals surface area contributed by atoms with E-state index in [1.165, 1.54) is 0 Å². The molecule has 6 heteroatoms. The molecule has 106 valence electrons. The van der Waals surface area contributed by atoms with Crippen molar-refractivity contribution in [1.82, 2.24) is 15.3 Å². The van der Waals surface area contributed by atoms with Gasteiger partial charge in [0.2, 0.25) is 5.91 Å². The van der Waals surface area contributed by atoms with Gasteiger partial charge in [0.15, 0.2) is 0 Å². The number of nitrogens with zero attached hydrogens (tertiary/aromatic N) is 1. The quantitative estimate of drug-likeness (QED) is 0.758. The summed E-state index contributed by atoms with van der Waals surface area (Å²) >= 11 is 0. The van der Waals surface area contributed by atoms with Crippen LogP contribution in [0, 0.1) is 0 Å². The number of rotatable bonds is 6. The zero-order chi connectivity index (χ0) is 14.3. The number of carbonyl (C=O) groups excluding carboxylic acids is 2. The van der Waals surface area contributed by atoms with E-state index in [2.05, 4.69) is 15.3 Å². The monoisotopic (exact) mass is 267 g/mol. The van der Waals surface area contributed by atoms with Crippen molar-refractivity contribution in [2.75, 3.05) is 6.54 Å². The minimum absolute atomic E-state index is 0.101. The minimum atomic E-state index is -0.507. The summed E-state index contributed by atoms with van der Waals surface area (Å²) in [7, 11) is 0. The Hall–Kier alpha value is -1.85. The average molecular weight is 267 g/mol. The third-order valence-electron chi connectivity index (χ3n) is 2.22. The normalized spacial score (nSPS) is 11.1. The zero-order valence-corrected chi connectivity index (χ0v) is 11.7. The van der Waals surface area contributed by atoms with Crippen LogP contribution in [-0.4, -0.2) is 34.0 Å². The molecule has 0 bridgehead atoms. The van der Waals surface area contributed by atoms with Crippen LogP contribution in [0.5, 0.6) is 0 Å². The molecule has 0 aliphatic heterocycles. The lowest BCUT2D eigenvalue weighted by Gasteiger charge is -2.19. The topological polar surface area (TPSA) is 84.1 Å². The summed E-state index contributed by atoms with van der Waals surface area (Å²) in [6.07, 6.45) is 4.29. The van der Waals surface area contributed by atoms with Crippen molar-refractivity contribution in [3.63, 3.8) is 0 Å². The molecule has 1 heterocycles. The number of H-pyrrole nitrogens is 1. The van der Waals surface area contributed by atoms with Gasteiger partial charge in [-0.1, -0.05) is 0 Å². The Kier molecular flexibility index (Phi) is 5.54. The van der Waals surface area contributed by atoms with Gasteiger partial charge in [-0.3, -0.25) is 9.59 Å². The van der Waals surface area contributed by atoms with E-state index < -0.39 is 5.60 Å². The Bertz CT molecular complexity index is 407. The molecule has 0 radical (unpaired) electrons. The first-order valence-corrected chi connectivity index (χ1v) is 6.33. The molecule has 6 nitrogen and oxygen atoms in total. The lowest BCUT2D eigenvalue weighted by molar-refractivity contribution is -0.155. The van der Waals surface area contributed by atoms with Crippen molar-refractivity contribution in [2.24, 2.45) is 0 Å². The minimum Gasteiger partial charge on any atom is -0.460 e. The number of hydrogen-bond acceptors (Lipinski definition) is 4. The summed E-state index contributed by atoms with van der Waals surface area (Å²) in [5.74, 6) is 0.318. The maximum Gasteiger partial charge on any atom is 0.306 e. The van der Waals surface area contributed by atoms with Gasteiger partial charge in [-0.2, -0.15) is 0 Å². The van der Waals surface area contributed by atoms with Crippen LogP contribution in [-0.2, 0) is 20.7 Å². The first-order valence-electron chi connectivity index (χ1n) is 6.33. The second kappa shape index (κ2) is 6.92. The van der Waals surface area contributed by atoms with Crippen LogP contribution in [0.4, 0.5) is 0 Å². The fourth-order valence-corrected chi connectivity index (χ4v) is 1.45. The van der Waals surface area contributed by atoms with E-state index in [1.807, 2.05) is 0 Å². The summed E-state index contributed by atoms with van der Waals surface area (Å²) in [6, 6.07) is 0. The van der Waals surface area contributed by atoms with E-state index in [0.29, 0.717) is 13.0 Å². The first-order chi connectivity index (χ1) is 8.87. The Morgan fingerprint density at radius 2 is 2.11 bits per heavy atom. The molecule has 1 rings (SSSR count). The number of aromatic amines is 1. The lowest BCUT2D eigenvalue weighted by Crippen LogP contribution is -2.28. The van der Waals surface area contributed by atoms with Crippen LogP contribution in [0.2, 0.25) is 0 Å². The summed E-state index contributed by atoms with van der Waals surface area (Å²) in [5.41, 5.74) is -0.507. The molecule has 0 aliphatic rings. The number of nitrogens with one attached hydrogen (secondary N) is 2. The number of amides is 1. The molecule has 0 unspecified atom stereocenters. The smallest absolute Gasteiger partial charge is 0.306 e. The van der Waals surface area contributed by atoms with Gasteiger partial charge in [-0.15, -0.1) is 0 Å². The van der Waals surface area contributed by atoms with Gasteiger partial charge < -0.3 is 15.0 Å². The average Bonchev–Trinajstić information content (AvgIpc) is 2.77. The second-order valence-electron chi connectivity index (χ2n) is 5.22. The van der Waals surface area contributed by atoms with Crippen LogP contribution in [0.1, 0.15) is 39.4 Å². The van der Waals surface area contributed by atoms with Crippen molar-refractivity contribution >= 4 is 11.9 Å². The Morgan fingerprint density at radius 1 is 1.37 bits per heavy atom. The third kappa shape index (κ3) is 7.23. The summed E-state index contributed by atoms with van der Waals surface area (Å²) in [4.78, 5) is 29.9. The molecule has 0 spiro atoms. The molecule has 19 heavy (non-hydrogen) atoms. The van der Waals surface area contributed by atoms with Gasteiger partial charge in [0, 0.05) is 31.8 Å². The van der Waals surface area contributed by atoms with Gasteiger partial charge in [-0.05, 0) is 20.8 Å². The largest absolute Gasteiger partial charge is 0.460 e. The van der Waals surface area contributed by atoms with Crippen molar-refractivity contribution in [3.05, 3.63) is 18.2 Å².